The van der Waals surface area contributed by atoms with E-state index in [0.29, 0.717) is 24.7 Å². The highest BCUT2D eigenvalue weighted by atomic mass is 16.3. The number of nitrogens with zero attached hydrogens (tertiary/aromatic N) is 1. The SMILES string of the molecule is CC(C)C1CCN(C(=O)CCCO)C1. The topological polar surface area (TPSA) is 40.5 Å². The van der Waals surface area contributed by atoms with Gasteiger partial charge in [0.05, 0.1) is 0 Å². The Labute approximate surface area is 86.1 Å². The summed E-state index contributed by atoms with van der Waals surface area (Å²) in [5, 5.41) is 8.63. The molecule has 0 aromatic rings. The van der Waals surface area contributed by atoms with Gasteiger partial charge in [0, 0.05) is 26.1 Å². The van der Waals surface area contributed by atoms with Gasteiger partial charge in [-0.15, -0.1) is 0 Å². The molecule has 1 atom stereocenters. The summed E-state index contributed by atoms with van der Waals surface area (Å²) in [5.41, 5.74) is 0. The first-order chi connectivity index (χ1) is 6.65. The van der Waals surface area contributed by atoms with Crippen LogP contribution in [0, 0.1) is 11.8 Å². The molecule has 1 heterocycles. The lowest BCUT2D eigenvalue weighted by Gasteiger charge is -2.17. The molecule has 1 rings (SSSR count). The minimum atomic E-state index is 0.118. The fourth-order valence-corrected chi connectivity index (χ4v) is 1.95. The maximum Gasteiger partial charge on any atom is 0.222 e. The summed E-state index contributed by atoms with van der Waals surface area (Å²) >= 11 is 0. The van der Waals surface area contributed by atoms with Crippen molar-refractivity contribution in [2.75, 3.05) is 19.7 Å². The van der Waals surface area contributed by atoms with Crippen molar-refractivity contribution in [3.63, 3.8) is 0 Å². The Morgan fingerprint density at radius 2 is 2.29 bits per heavy atom. The standard InChI is InChI=1S/C11H21NO2/c1-9(2)10-5-6-12(8-10)11(14)4-3-7-13/h9-10,13H,3-8H2,1-2H3. The Morgan fingerprint density at radius 1 is 1.57 bits per heavy atom. The average molecular weight is 199 g/mol. The lowest BCUT2D eigenvalue weighted by molar-refractivity contribution is -0.130. The molecule has 82 valence electrons. The van der Waals surface area contributed by atoms with E-state index < -0.39 is 0 Å². The third-order valence-electron chi connectivity index (χ3n) is 3.07. The van der Waals surface area contributed by atoms with Crippen LogP contribution in [0.25, 0.3) is 0 Å². The molecule has 0 bridgehead atoms. The molecule has 1 saturated heterocycles. The van der Waals surface area contributed by atoms with Crippen molar-refractivity contribution < 1.29 is 9.90 Å². The highest BCUT2D eigenvalue weighted by Gasteiger charge is 2.27. The van der Waals surface area contributed by atoms with E-state index in [2.05, 4.69) is 13.8 Å². The molecule has 3 heteroatoms. The van der Waals surface area contributed by atoms with Crippen LogP contribution >= 0.6 is 0 Å². The maximum atomic E-state index is 11.6. The van der Waals surface area contributed by atoms with Gasteiger partial charge in [-0.25, -0.2) is 0 Å². The van der Waals surface area contributed by atoms with Crippen molar-refractivity contribution >= 4 is 5.91 Å². The summed E-state index contributed by atoms with van der Waals surface area (Å²) in [6.07, 6.45) is 2.24. The highest BCUT2D eigenvalue weighted by molar-refractivity contribution is 5.76. The van der Waals surface area contributed by atoms with Gasteiger partial charge in [-0.1, -0.05) is 13.8 Å². The number of hydrogen-bond acceptors (Lipinski definition) is 2. The molecule has 0 radical (unpaired) electrons. The summed E-state index contributed by atoms with van der Waals surface area (Å²) in [6, 6.07) is 0. The Morgan fingerprint density at radius 3 is 2.79 bits per heavy atom. The minimum Gasteiger partial charge on any atom is -0.396 e. The van der Waals surface area contributed by atoms with Crippen LogP contribution in [0.1, 0.15) is 33.1 Å². The van der Waals surface area contributed by atoms with Crippen LogP contribution in [0.5, 0.6) is 0 Å². The second-order valence-corrected chi connectivity index (χ2v) is 4.46. The summed E-state index contributed by atoms with van der Waals surface area (Å²) in [7, 11) is 0. The van der Waals surface area contributed by atoms with Gasteiger partial charge < -0.3 is 10.0 Å². The molecule has 1 aliphatic heterocycles. The van der Waals surface area contributed by atoms with E-state index in [9.17, 15) is 4.79 Å². The van der Waals surface area contributed by atoms with Crippen LogP contribution in [0.4, 0.5) is 0 Å². The van der Waals surface area contributed by atoms with Crippen molar-refractivity contribution in [1.82, 2.24) is 4.90 Å². The summed E-state index contributed by atoms with van der Waals surface area (Å²) in [4.78, 5) is 13.5. The molecule has 1 amide bonds. The first kappa shape index (κ1) is 11.5. The fraction of sp³-hybridized carbons (Fsp3) is 0.909. The van der Waals surface area contributed by atoms with E-state index in [1.807, 2.05) is 4.90 Å². The van der Waals surface area contributed by atoms with Crippen LogP contribution in [0.3, 0.4) is 0 Å². The smallest absolute Gasteiger partial charge is 0.222 e. The summed E-state index contributed by atoms with van der Waals surface area (Å²) < 4.78 is 0. The largest absolute Gasteiger partial charge is 0.396 e. The molecule has 0 aliphatic carbocycles. The lowest BCUT2D eigenvalue weighted by Crippen LogP contribution is -2.29. The zero-order chi connectivity index (χ0) is 10.6. The number of carbonyl (C=O) groups excluding carboxylic acids is 1. The van der Waals surface area contributed by atoms with Gasteiger partial charge in [-0.2, -0.15) is 0 Å². The second kappa shape index (κ2) is 5.35. The number of aliphatic hydroxyl groups is 1. The Kier molecular flexibility index (Phi) is 4.39. The molecule has 0 aromatic heterocycles. The number of aliphatic hydroxyl groups excluding tert-OH is 1. The highest BCUT2D eigenvalue weighted by Crippen LogP contribution is 2.23. The van der Waals surface area contributed by atoms with E-state index in [1.54, 1.807) is 0 Å². The first-order valence-electron chi connectivity index (χ1n) is 5.53. The van der Waals surface area contributed by atoms with Crippen molar-refractivity contribution in [1.29, 1.82) is 0 Å². The molecule has 1 unspecified atom stereocenters. The third-order valence-corrected chi connectivity index (χ3v) is 3.07. The Bertz CT molecular complexity index is 192. The van der Waals surface area contributed by atoms with Gasteiger partial charge >= 0.3 is 0 Å². The number of carbonyl (C=O) groups is 1. The molecule has 14 heavy (non-hydrogen) atoms. The quantitative estimate of drug-likeness (QED) is 0.740. The molecular weight excluding hydrogens is 178 g/mol. The number of likely N-dealkylation sites (tertiary alicyclic amines) is 1. The van der Waals surface area contributed by atoms with Gasteiger partial charge in [0.2, 0.25) is 5.91 Å². The van der Waals surface area contributed by atoms with Crippen molar-refractivity contribution in [2.45, 2.75) is 33.1 Å². The monoisotopic (exact) mass is 199 g/mol. The van der Waals surface area contributed by atoms with E-state index in [-0.39, 0.29) is 12.5 Å². The van der Waals surface area contributed by atoms with E-state index in [1.165, 1.54) is 0 Å². The number of amides is 1. The number of rotatable bonds is 4. The minimum absolute atomic E-state index is 0.118. The normalized spacial score (nSPS) is 22.0. The first-order valence-corrected chi connectivity index (χ1v) is 5.53. The zero-order valence-corrected chi connectivity index (χ0v) is 9.20. The molecule has 1 fully saturated rings. The molecule has 0 saturated carbocycles. The van der Waals surface area contributed by atoms with Gasteiger partial charge in [-0.05, 0) is 24.7 Å². The average Bonchev–Trinajstić information content (AvgIpc) is 2.62. The van der Waals surface area contributed by atoms with Gasteiger partial charge in [0.25, 0.3) is 0 Å². The van der Waals surface area contributed by atoms with Gasteiger partial charge in [0.15, 0.2) is 0 Å². The van der Waals surface area contributed by atoms with Crippen LogP contribution in [-0.2, 0) is 4.79 Å². The molecular formula is C11H21NO2. The van der Waals surface area contributed by atoms with Crippen LogP contribution in [-0.4, -0.2) is 35.6 Å². The summed E-state index contributed by atoms with van der Waals surface area (Å²) in [5.74, 6) is 1.56. The molecule has 1 aliphatic rings. The summed E-state index contributed by atoms with van der Waals surface area (Å²) in [6.45, 7) is 6.38. The predicted octanol–water partition coefficient (Wildman–Crippen LogP) is 1.26. The van der Waals surface area contributed by atoms with E-state index >= 15 is 0 Å². The van der Waals surface area contributed by atoms with Crippen molar-refractivity contribution in [2.24, 2.45) is 11.8 Å². The number of hydrogen-bond donors (Lipinski definition) is 1. The second-order valence-electron chi connectivity index (χ2n) is 4.46. The van der Waals surface area contributed by atoms with E-state index in [4.69, 9.17) is 5.11 Å². The van der Waals surface area contributed by atoms with Crippen LogP contribution in [0.15, 0.2) is 0 Å². The molecule has 1 N–H and O–H groups in total. The Hall–Kier alpha value is -0.570. The molecule has 0 aromatic carbocycles. The van der Waals surface area contributed by atoms with Crippen LogP contribution in [0.2, 0.25) is 0 Å². The maximum absolute atomic E-state index is 11.6. The zero-order valence-electron chi connectivity index (χ0n) is 9.20. The van der Waals surface area contributed by atoms with Crippen molar-refractivity contribution in [3.8, 4) is 0 Å². The van der Waals surface area contributed by atoms with Crippen LogP contribution < -0.4 is 0 Å². The van der Waals surface area contributed by atoms with Gasteiger partial charge in [-0.3, -0.25) is 4.79 Å². The van der Waals surface area contributed by atoms with Gasteiger partial charge in [0.1, 0.15) is 0 Å². The third kappa shape index (κ3) is 2.98. The van der Waals surface area contributed by atoms with E-state index in [0.717, 1.165) is 19.5 Å². The predicted molar refractivity (Wildman–Crippen MR) is 55.8 cm³/mol. The Balaban J connectivity index is 2.30. The molecule has 3 nitrogen and oxygen atoms in total. The molecule has 0 spiro atoms. The lowest BCUT2D eigenvalue weighted by atomic mass is 9.95. The fourth-order valence-electron chi connectivity index (χ4n) is 1.95. The van der Waals surface area contributed by atoms with Crippen molar-refractivity contribution in [3.05, 3.63) is 0 Å².